The molecule has 0 saturated carbocycles. The number of nitrogens with one attached hydrogen (secondary N) is 1. The fraction of sp³-hybridized carbons (Fsp3) is 1.00. The highest BCUT2D eigenvalue weighted by Gasteiger charge is 2.23. The van der Waals surface area contributed by atoms with E-state index in [0.717, 1.165) is 11.3 Å². The van der Waals surface area contributed by atoms with Gasteiger partial charge in [-0.05, 0) is 12.2 Å². The molecule has 1 aliphatic heterocycles. The first-order chi connectivity index (χ1) is 4.70. The molecule has 0 bridgehead atoms. The first kappa shape index (κ1) is 8.41. The lowest BCUT2D eigenvalue weighted by molar-refractivity contribution is 0.463. The molecular weight excluding hydrogens is 142 g/mol. The highest BCUT2D eigenvalue weighted by atomic mass is 32.2. The fourth-order valence-corrected chi connectivity index (χ4v) is 2.59. The highest BCUT2D eigenvalue weighted by molar-refractivity contribution is 8.00. The molecule has 2 unspecified atom stereocenters. The van der Waals surface area contributed by atoms with Crippen molar-refractivity contribution in [2.45, 2.75) is 44.5 Å². The largest absolute Gasteiger partial charge is 0.311 e. The van der Waals surface area contributed by atoms with Gasteiger partial charge in [-0.25, -0.2) is 0 Å². The molecule has 0 radical (unpaired) electrons. The Kier molecular flexibility index (Phi) is 3.05. The normalized spacial score (nSPS) is 33.6. The Bertz CT molecular complexity index is 103. The highest BCUT2D eigenvalue weighted by Crippen LogP contribution is 2.26. The molecule has 0 aromatic rings. The standard InChI is InChI=1S/C8H17NS/c1-6(2)9-8-4-5-10-7(8)3/h6-9H,4-5H2,1-3H3. The van der Waals surface area contributed by atoms with E-state index in [1.807, 2.05) is 0 Å². The molecule has 10 heavy (non-hydrogen) atoms. The molecule has 1 aliphatic rings. The van der Waals surface area contributed by atoms with Crippen molar-refractivity contribution in [3.8, 4) is 0 Å². The molecule has 1 N–H and O–H groups in total. The average Bonchev–Trinajstić information content (AvgIpc) is 2.15. The summed E-state index contributed by atoms with van der Waals surface area (Å²) in [6.45, 7) is 6.75. The van der Waals surface area contributed by atoms with E-state index >= 15 is 0 Å². The van der Waals surface area contributed by atoms with Gasteiger partial charge in [0.15, 0.2) is 0 Å². The number of hydrogen-bond donors (Lipinski definition) is 1. The molecule has 0 amide bonds. The van der Waals surface area contributed by atoms with Gasteiger partial charge in [-0.2, -0.15) is 11.8 Å². The molecule has 0 aromatic heterocycles. The molecule has 1 nitrogen and oxygen atoms in total. The van der Waals surface area contributed by atoms with Crippen molar-refractivity contribution in [2.75, 3.05) is 5.75 Å². The SMILES string of the molecule is CC(C)NC1CCSC1C. The van der Waals surface area contributed by atoms with E-state index in [1.165, 1.54) is 12.2 Å². The lowest BCUT2D eigenvalue weighted by Gasteiger charge is -2.18. The lowest BCUT2D eigenvalue weighted by Crippen LogP contribution is -2.38. The van der Waals surface area contributed by atoms with Crippen LogP contribution in [0.25, 0.3) is 0 Å². The predicted molar refractivity (Wildman–Crippen MR) is 48.6 cm³/mol. The van der Waals surface area contributed by atoms with Crippen molar-refractivity contribution in [2.24, 2.45) is 0 Å². The van der Waals surface area contributed by atoms with Crippen molar-refractivity contribution in [1.82, 2.24) is 5.32 Å². The number of thioether (sulfide) groups is 1. The minimum Gasteiger partial charge on any atom is -0.311 e. The summed E-state index contributed by atoms with van der Waals surface area (Å²) in [6.07, 6.45) is 1.35. The summed E-state index contributed by atoms with van der Waals surface area (Å²) in [5.41, 5.74) is 0. The molecule has 1 saturated heterocycles. The Labute approximate surface area is 68.0 Å². The van der Waals surface area contributed by atoms with Gasteiger partial charge in [0.05, 0.1) is 0 Å². The lowest BCUT2D eigenvalue weighted by atomic mass is 10.1. The van der Waals surface area contributed by atoms with E-state index in [2.05, 4.69) is 37.8 Å². The van der Waals surface area contributed by atoms with E-state index in [0.29, 0.717) is 6.04 Å². The van der Waals surface area contributed by atoms with Crippen molar-refractivity contribution in [3.05, 3.63) is 0 Å². The fourth-order valence-electron chi connectivity index (χ4n) is 1.38. The molecule has 60 valence electrons. The van der Waals surface area contributed by atoms with Gasteiger partial charge in [0, 0.05) is 17.3 Å². The summed E-state index contributed by atoms with van der Waals surface area (Å²) in [5.74, 6) is 1.34. The van der Waals surface area contributed by atoms with Crippen LogP contribution in [0.3, 0.4) is 0 Å². The van der Waals surface area contributed by atoms with Gasteiger partial charge in [-0.1, -0.05) is 20.8 Å². The minimum atomic E-state index is 0.645. The molecule has 0 aromatic carbocycles. The van der Waals surface area contributed by atoms with Crippen LogP contribution in [-0.2, 0) is 0 Å². The van der Waals surface area contributed by atoms with Crippen LogP contribution in [-0.4, -0.2) is 23.1 Å². The third-order valence-electron chi connectivity index (χ3n) is 1.92. The Balaban J connectivity index is 2.26. The van der Waals surface area contributed by atoms with Crippen molar-refractivity contribution >= 4 is 11.8 Å². The maximum absolute atomic E-state index is 3.57. The van der Waals surface area contributed by atoms with Gasteiger partial charge in [0.25, 0.3) is 0 Å². The van der Waals surface area contributed by atoms with Gasteiger partial charge in [0.2, 0.25) is 0 Å². The molecule has 0 aliphatic carbocycles. The third-order valence-corrected chi connectivity index (χ3v) is 3.25. The second-order valence-electron chi connectivity index (χ2n) is 3.29. The van der Waals surface area contributed by atoms with Gasteiger partial charge in [-0.15, -0.1) is 0 Å². The van der Waals surface area contributed by atoms with Crippen molar-refractivity contribution < 1.29 is 0 Å². The Morgan fingerprint density at radius 1 is 1.50 bits per heavy atom. The maximum atomic E-state index is 3.57. The van der Waals surface area contributed by atoms with Crippen LogP contribution in [0.2, 0.25) is 0 Å². The summed E-state index contributed by atoms with van der Waals surface area (Å²) < 4.78 is 0. The van der Waals surface area contributed by atoms with E-state index < -0.39 is 0 Å². The molecule has 0 spiro atoms. The zero-order valence-corrected chi connectivity index (χ0v) is 7.87. The third kappa shape index (κ3) is 2.17. The Morgan fingerprint density at radius 2 is 2.20 bits per heavy atom. The quantitative estimate of drug-likeness (QED) is 0.660. The summed E-state index contributed by atoms with van der Waals surface area (Å²) in [4.78, 5) is 0. The first-order valence-corrected chi connectivity index (χ1v) is 5.12. The summed E-state index contributed by atoms with van der Waals surface area (Å²) in [5, 5.41) is 4.39. The summed E-state index contributed by atoms with van der Waals surface area (Å²) >= 11 is 2.08. The van der Waals surface area contributed by atoms with Crippen LogP contribution in [0.4, 0.5) is 0 Å². The van der Waals surface area contributed by atoms with Gasteiger partial charge in [0.1, 0.15) is 0 Å². The van der Waals surface area contributed by atoms with Crippen LogP contribution < -0.4 is 5.32 Å². The Morgan fingerprint density at radius 3 is 2.60 bits per heavy atom. The van der Waals surface area contributed by atoms with E-state index in [-0.39, 0.29) is 0 Å². The average molecular weight is 159 g/mol. The van der Waals surface area contributed by atoms with Crippen LogP contribution in [0.1, 0.15) is 27.2 Å². The molecule has 2 atom stereocenters. The molecule has 2 heteroatoms. The van der Waals surface area contributed by atoms with Gasteiger partial charge in [-0.3, -0.25) is 0 Å². The maximum Gasteiger partial charge on any atom is 0.0194 e. The van der Waals surface area contributed by atoms with Crippen molar-refractivity contribution in [3.63, 3.8) is 0 Å². The van der Waals surface area contributed by atoms with Gasteiger partial charge < -0.3 is 5.32 Å². The van der Waals surface area contributed by atoms with Crippen LogP contribution in [0, 0.1) is 0 Å². The zero-order chi connectivity index (χ0) is 7.56. The molecule has 1 fully saturated rings. The van der Waals surface area contributed by atoms with E-state index in [4.69, 9.17) is 0 Å². The number of rotatable bonds is 2. The topological polar surface area (TPSA) is 12.0 Å². The second-order valence-corrected chi connectivity index (χ2v) is 4.78. The summed E-state index contributed by atoms with van der Waals surface area (Å²) in [6, 6.07) is 1.41. The molecule has 1 rings (SSSR count). The van der Waals surface area contributed by atoms with Crippen LogP contribution in [0.5, 0.6) is 0 Å². The van der Waals surface area contributed by atoms with Crippen LogP contribution in [0.15, 0.2) is 0 Å². The zero-order valence-electron chi connectivity index (χ0n) is 7.05. The molecular formula is C8H17NS. The monoisotopic (exact) mass is 159 g/mol. The minimum absolute atomic E-state index is 0.645. The van der Waals surface area contributed by atoms with Crippen LogP contribution >= 0.6 is 11.8 Å². The van der Waals surface area contributed by atoms with Crippen molar-refractivity contribution in [1.29, 1.82) is 0 Å². The first-order valence-electron chi connectivity index (χ1n) is 4.08. The Hall–Kier alpha value is 0.310. The predicted octanol–water partition coefficient (Wildman–Crippen LogP) is 1.88. The second kappa shape index (κ2) is 3.63. The van der Waals surface area contributed by atoms with E-state index in [9.17, 15) is 0 Å². The van der Waals surface area contributed by atoms with Gasteiger partial charge >= 0.3 is 0 Å². The number of hydrogen-bond acceptors (Lipinski definition) is 2. The summed E-state index contributed by atoms with van der Waals surface area (Å²) in [7, 11) is 0. The van der Waals surface area contributed by atoms with E-state index in [1.54, 1.807) is 0 Å². The smallest absolute Gasteiger partial charge is 0.0194 e. The molecule has 1 heterocycles.